The van der Waals surface area contributed by atoms with Crippen molar-refractivity contribution in [3.63, 3.8) is 0 Å². The summed E-state index contributed by atoms with van der Waals surface area (Å²) in [6.45, 7) is 5.38. The summed E-state index contributed by atoms with van der Waals surface area (Å²) in [5.74, 6) is 2.34. The number of aryl methyl sites for hydroxylation is 1. The van der Waals surface area contributed by atoms with Gasteiger partial charge < -0.3 is 29.2 Å². The van der Waals surface area contributed by atoms with Crippen LogP contribution in [-0.4, -0.2) is 84.2 Å². The van der Waals surface area contributed by atoms with E-state index in [0.29, 0.717) is 23.4 Å². The van der Waals surface area contributed by atoms with E-state index >= 15 is 0 Å². The van der Waals surface area contributed by atoms with Crippen molar-refractivity contribution in [2.45, 2.75) is 6.42 Å². The molecule has 1 amide bonds. The molecular weight excluding hydrogens is 432 g/mol. The third-order valence-electron chi connectivity index (χ3n) is 7.08. The Morgan fingerprint density at radius 2 is 1.91 bits per heavy atom. The number of nitrogens with one attached hydrogen (secondary N) is 1. The van der Waals surface area contributed by atoms with Gasteiger partial charge in [0.1, 0.15) is 17.1 Å². The van der Waals surface area contributed by atoms with Crippen molar-refractivity contribution in [2.75, 3.05) is 59.3 Å². The van der Waals surface area contributed by atoms with Gasteiger partial charge in [0, 0.05) is 57.3 Å². The number of carbonyl (C=O) groups is 1. The van der Waals surface area contributed by atoms with Gasteiger partial charge in [-0.05, 0) is 37.6 Å². The number of hydrogen-bond acceptors (Lipinski definition) is 7. The van der Waals surface area contributed by atoms with Crippen molar-refractivity contribution in [3.8, 4) is 22.9 Å². The fourth-order valence-corrected chi connectivity index (χ4v) is 4.88. The lowest BCUT2D eigenvalue weighted by atomic mass is 10.1. The van der Waals surface area contributed by atoms with Crippen molar-refractivity contribution in [1.82, 2.24) is 24.3 Å². The molecule has 2 aliphatic rings. The molecule has 1 N–H and O–H groups in total. The highest BCUT2D eigenvalue weighted by Gasteiger charge is 2.44. The van der Waals surface area contributed by atoms with E-state index < -0.39 is 0 Å². The molecule has 1 saturated carbocycles. The second-order valence-corrected chi connectivity index (χ2v) is 9.31. The molecular formula is C25H32N6O3. The zero-order chi connectivity index (χ0) is 23.8. The Labute approximate surface area is 199 Å². The van der Waals surface area contributed by atoms with Gasteiger partial charge in [-0.1, -0.05) is 0 Å². The second kappa shape index (κ2) is 9.23. The number of ether oxygens (including phenoxy) is 2. The lowest BCUT2D eigenvalue weighted by Crippen LogP contribution is -2.45. The number of carbonyl (C=O) groups excluding carboxylic acids is 1. The molecule has 1 aliphatic heterocycles. The summed E-state index contributed by atoms with van der Waals surface area (Å²) in [5, 5.41) is 4.01. The Morgan fingerprint density at radius 3 is 2.65 bits per heavy atom. The van der Waals surface area contributed by atoms with E-state index in [1.165, 1.54) is 0 Å². The van der Waals surface area contributed by atoms with Crippen LogP contribution in [0.3, 0.4) is 0 Å². The number of hydrogen-bond donors (Lipinski definition) is 1. The van der Waals surface area contributed by atoms with E-state index in [1.807, 2.05) is 29.8 Å². The summed E-state index contributed by atoms with van der Waals surface area (Å²) >= 11 is 0. The average molecular weight is 465 g/mol. The number of pyridine rings is 2. The van der Waals surface area contributed by atoms with Crippen LogP contribution in [0.1, 0.15) is 6.42 Å². The highest BCUT2D eigenvalue weighted by Crippen LogP contribution is 2.41. The van der Waals surface area contributed by atoms with Gasteiger partial charge in [0.15, 0.2) is 0 Å². The largest absolute Gasteiger partial charge is 0.496 e. The predicted molar refractivity (Wildman–Crippen MR) is 131 cm³/mol. The Bertz CT molecular complexity index is 1180. The number of fused-ring (bicyclic) bond motifs is 1. The standard InChI is InChI=1S/C25H32N6O3/c1-29-7-9-31(10-8-29)15-17-11-18(17)24(32)28-22-13-16-12-19(30(2)20(16)14-27-22)23-21(33-3)5-6-26-25(23)34-4/h5-6,12-14,17-18H,7-11,15H2,1-4H3,(H,27,28,32)/t17-,18+/m1/s1. The Hall–Kier alpha value is -3.17. The third kappa shape index (κ3) is 4.33. The number of aromatic nitrogens is 3. The Morgan fingerprint density at radius 1 is 1.12 bits per heavy atom. The van der Waals surface area contributed by atoms with Crippen LogP contribution in [0.2, 0.25) is 0 Å². The number of nitrogens with zero attached hydrogens (tertiary/aromatic N) is 5. The third-order valence-corrected chi connectivity index (χ3v) is 7.08. The molecule has 180 valence electrons. The molecule has 5 rings (SSSR count). The van der Waals surface area contributed by atoms with E-state index in [1.54, 1.807) is 26.6 Å². The van der Waals surface area contributed by atoms with Crippen LogP contribution in [0.5, 0.6) is 11.6 Å². The van der Waals surface area contributed by atoms with Crippen molar-refractivity contribution >= 4 is 22.6 Å². The first-order valence-electron chi connectivity index (χ1n) is 11.7. The Balaban J connectivity index is 1.31. The summed E-state index contributed by atoms with van der Waals surface area (Å²) in [5.41, 5.74) is 2.62. The molecule has 3 aromatic heterocycles. The van der Waals surface area contributed by atoms with Crippen LogP contribution >= 0.6 is 0 Å². The maximum absolute atomic E-state index is 12.9. The van der Waals surface area contributed by atoms with Crippen LogP contribution in [0, 0.1) is 11.8 Å². The number of methoxy groups -OCH3 is 2. The van der Waals surface area contributed by atoms with Gasteiger partial charge in [0.05, 0.1) is 31.6 Å². The van der Waals surface area contributed by atoms with Crippen LogP contribution in [-0.2, 0) is 11.8 Å². The fourth-order valence-electron chi connectivity index (χ4n) is 4.88. The van der Waals surface area contributed by atoms with Gasteiger partial charge in [-0.2, -0.15) is 0 Å². The van der Waals surface area contributed by atoms with Gasteiger partial charge in [0.25, 0.3) is 0 Å². The van der Waals surface area contributed by atoms with Crippen molar-refractivity contribution in [3.05, 3.63) is 30.6 Å². The van der Waals surface area contributed by atoms with Gasteiger partial charge in [-0.15, -0.1) is 0 Å². The number of likely N-dealkylation sites (N-methyl/N-ethyl adjacent to an activating group) is 1. The highest BCUT2D eigenvalue weighted by atomic mass is 16.5. The topological polar surface area (TPSA) is 84.8 Å². The van der Waals surface area contributed by atoms with E-state index in [2.05, 4.69) is 32.1 Å². The van der Waals surface area contributed by atoms with Gasteiger partial charge in [-0.3, -0.25) is 4.79 Å². The SMILES string of the molecule is COc1ccnc(OC)c1-c1cc2cc(NC(=O)[C@H]3C[C@@H]3CN3CCN(C)CC3)ncc2n1C. The first kappa shape index (κ1) is 22.6. The predicted octanol–water partition coefficient (Wildman–Crippen LogP) is 2.47. The summed E-state index contributed by atoms with van der Waals surface area (Å²) in [6.07, 6.45) is 4.41. The molecule has 0 unspecified atom stereocenters. The van der Waals surface area contributed by atoms with E-state index in [4.69, 9.17) is 9.47 Å². The first-order valence-corrected chi connectivity index (χ1v) is 11.7. The minimum absolute atomic E-state index is 0.0673. The molecule has 34 heavy (non-hydrogen) atoms. The summed E-state index contributed by atoms with van der Waals surface area (Å²) in [7, 11) is 7.35. The van der Waals surface area contributed by atoms with Crippen molar-refractivity contribution in [1.29, 1.82) is 0 Å². The molecule has 1 saturated heterocycles. The molecule has 1 aliphatic carbocycles. The van der Waals surface area contributed by atoms with Gasteiger partial charge >= 0.3 is 0 Å². The lowest BCUT2D eigenvalue weighted by molar-refractivity contribution is -0.117. The molecule has 0 aromatic carbocycles. The molecule has 9 heteroatoms. The number of rotatable bonds is 7. The maximum atomic E-state index is 12.9. The van der Waals surface area contributed by atoms with E-state index in [9.17, 15) is 4.79 Å². The summed E-state index contributed by atoms with van der Waals surface area (Å²) in [4.78, 5) is 26.5. The summed E-state index contributed by atoms with van der Waals surface area (Å²) in [6, 6.07) is 5.78. The van der Waals surface area contributed by atoms with Crippen molar-refractivity contribution in [2.24, 2.45) is 18.9 Å². The monoisotopic (exact) mass is 464 g/mol. The molecule has 3 aromatic rings. The number of amides is 1. The molecule has 0 radical (unpaired) electrons. The maximum Gasteiger partial charge on any atom is 0.228 e. The quantitative estimate of drug-likeness (QED) is 0.575. The van der Waals surface area contributed by atoms with E-state index in [-0.39, 0.29) is 11.8 Å². The number of anilines is 1. The molecule has 2 fully saturated rings. The minimum atomic E-state index is 0.0673. The normalized spacial score (nSPS) is 20.9. The smallest absolute Gasteiger partial charge is 0.228 e. The molecule has 0 spiro atoms. The minimum Gasteiger partial charge on any atom is -0.496 e. The van der Waals surface area contributed by atoms with Crippen LogP contribution in [0.15, 0.2) is 30.6 Å². The van der Waals surface area contributed by atoms with Crippen LogP contribution < -0.4 is 14.8 Å². The van der Waals surface area contributed by atoms with E-state index in [0.717, 1.165) is 61.3 Å². The second-order valence-electron chi connectivity index (χ2n) is 9.31. The fraction of sp³-hybridized carbons (Fsp3) is 0.480. The van der Waals surface area contributed by atoms with Crippen LogP contribution in [0.25, 0.3) is 22.2 Å². The summed E-state index contributed by atoms with van der Waals surface area (Å²) < 4.78 is 13.1. The molecule has 4 heterocycles. The van der Waals surface area contributed by atoms with Crippen LogP contribution in [0.4, 0.5) is 5.82 Å². The molecule has 2 atom stereocenters. The van der Waals surface area contributed by atoms with Crippen molar-refractivity contribution < 1.29 is 14.3 Å². The van der Waals surface area contributed by atoms with Gasteiger partial charge in [-0.25, -0.2) is 9.97 Å². The zero-order valence-electron chi connectivity index (χ0n) is 20.2. The number of piperazine rings is 1. The van der Waals surface area contributed by atoms with Gasteiger partial charge in [0.2, 0.25) is 11.8 Å². The average Bonchev–Trinajstić information content (AvgIpc) is 3.55. The molecule has 9 nitrogen and oxygen atoms in total. The first-order chi connectivity index (χ1) is 16.5. The Kier molecular flexibility index (Phi) is 6.14. The zero-order valence-corrected chi connectivity index (χ0v) is 20.2. The molecule has 0 bridgehead atoms. The highest BCUT2D eigenvalue weighted by molar-refractivity contribution is 5.96. The lowest BCUT2D eigenvalue weighted by Gasteiger charge is -2.32.